The maximum atomic E-state index is 6.34. The van der Waals surface area contributed by atoms with Crippen molar-refractivity contribution in [2.45, 2.75) is 62.9 Å². The van der Waals surface area contributed by atoms with Gasteiger partial charge in [-0.25, -0.2) is 4.98 Å². The summed E-state index contributed by atoms with van der Waals surface area (Å²) in [5.41, 5.74) is 10.3. The Morgan fingerprint density at radius 1 is 0.828 bits per heavy atom. The predicted molar refractivity (Wildman–Crippen MR) is 120 cm³/mol. The minimum Gasteiger partial charge on any atom is -0.369 e. The summed E-state index contributed by atoms with van der Waals surface area (Å²) in [6.07, 6.45) is 10.3. The summed E-state index contributed by atoms with van der Waals surface area (Å²) in [6, 6.07) is 20.1. The second-order valence-electron chi connectivity index (χ2n) is 8.86. The molecule has 2 aromatic carbocycles. The number of rotatable bonds is 3. The van der Waals surface area contributed by atoms with E-state index in [-0.39, 0.29) is 5.54 Å². The van der Waals surface area contributed by atoms with Gasteiger partial charge < -0.3 is 10.3 Å². The molecule has 0 bridgehead atoms. The fraction of sp³-hybridized carbons (Fsp3) is 0.480. The van der Waals surface area contributed by atoms with E-state index in [0.29, 0.717) is 12.0 Å². The van der Waals surface area contributed by atoms with Gasteiger partial charge in [0.2, 0.25) is 5.95 Å². The molecule has 1 saturated heterocycles. The highest BCUT2D eigenvalue weighted by molar-refractivity contribution is 5.78. The van der Waals surface area contributed by atoms with E-state index >= 15 is 0 Å². The number of hydrogen-bond donors (Lipinski definition) is 1. The lowest BCUT2D eigenvalue weighted by Crippen LogP contribution is -2.50. The number of fused-ring (bicyclic) bond motifs is 1. The average Bonchev–Trinajstić information content (AvgIpc) is 2.93. The van der Waals surface area contributed by atoms with Crippen LogP contribution in [0.25, 0.3) is 11.0 Å². The van der Waals surface area contributed by atoms with Gasteiger partial charge in [0.05, 0.1) is 11.0 Å². The van der Waals surface area contributed by atoms with Crippen LogP contribution in [0, 0.1) is 0 Å². The molecule has 2 N–H and O–H groups in total. The van der Waals surface area contributed by atoms with Crippen molar-refractivity contribution in [1.29, 1.82) is 0 Å². The van der Waals surface area contributed by atoms with E-state index in [0.717, 1.165) is 31.4 Å². The first-order chi connectivity index (χ1) is 14.3. The Morgan fingerprint density at radius 2 is 1.48 bits per heavy atom. The number of nitrogens with zero attached hydrogens (tertiary/aromatic N) is 3. The Balaban J connectivity index is 1.41. The fourth-order valence-electron chi connectivity index (χ4n) is 5.85. The van der Waals surface area contributed by atoms with Gasteiger partial charge in [-0.15, -0.1) is 0 Å². The number of hydrogen-bond acceptors (Lipinski definition) is 3. The summed E-state index contributed by atoms with van der Waals surface area (Å²) in [5, 5.41) is 0. The Kier molecular flexibility index (Phi) is 5.04. The average molecular weight is 389 g/mol. The van der Waals surface area contributed by atoms with E-state index in [1.807, 2.05) is 6.07 Å². The number of benzene rings is 2. The van der Waals surface area contributed by atoms with Crippen LogP contribution >= 0.6 is 0 Å². The molecule has 1 aromatic heterocycles. The molecular weight excluding hydrogens is 356 g/mol. The van der Waals surface area contributed by atoms with E-state index < -0.39 is 0 Å². The first-order valence-electron chi connectivity index (χ1n) is 11.3. The fourth-order valence-corrected chi connectivity index (χ4v) is 5.85. The second kappa shape index (κ2) is 7.83. The summed E-state index contributed by atoms with van der Waals surface area (Å²) < 4.78 is 2.29. The van der Waals surface area contributed by atoms with Crippen LogP contribution in [-0.4, -0.2) is 27.5 Å². The lowest BCUT2D eigenvalue weighted by molar-refractivity contribution is 0.0362. The van der Waals surface area contributed by atoms with Crippen LogP contribution in [0.2, 0.25) is 0 Å². The normalized spacial score (nSPS) is 21.2. The number of para-hydroxylation sites is 2. The maximum absolute atomic E-state index is 6.34. The van der Waals surface area contributed by atoms with Crippen molar-refractivity contribution in [2.75, 3.05) is 18.8 Å². The molecule has 2 fully saturated rings. The second-order valence-corrected chi connectivity index (χ2v) is 8.86. The minimum absolute atomic E-state index is 0.214. The third kappa shape index (κ3) is 3.33. The van der Waals surface area contributed by atoms with Crippen LogP contribution in [0.4, 0.5) is 5.95 Å². The molecule has 1 aliphatic carbocycles. The third-order valence-corrected chi connectivity index (χ3v) is 7.30. The summed E-state index contributed by atoms with van der Waals surface area (Å²) >= 11 is 0. The van der Waals surface area contributed by atoms with Crippen LogP contribution in [0.3, 0.4) is 0 Å². The van der Waals surface area contributed by atoms with Gasteiger partial charge in [0.1, 0.15) is 0 Å². The molecule has 0 amide bonds. The van der Waals surface area contributed by atoms with E-state index in [4.69, 9.17) is 5.73 Å². The van der Waals surface area contributed by atoms with Crippen LogP contribution < -0.4 is 5.73 Å². The van der Waals surface area contributed by atoms with Gasteiger partial charge in [-0.05, 0) is 43.4 Å². The predicted octanol–water partition coefficient (Wildman–Crippen LogP) is 5.51. The number of piperidine rings is 1. The molecule has 4 heteroatoms. The molecule has 29 heavy (non-hydrogen) atoms. The zero-order valence-electron chi connectivity index (χ0n) is 17.3. The number of nitrogen functional groups attached to an aromatic ring is 1. The van der Waals surface area contributed by atoms with Crippen molar-refractivity contribution in [3.05, 3.63) is 60.2 Å². The third-order valence-electron chi connectivity index (χ3n) is 7.30. The van der Waals surface area contributed by atoms with Gasteiger partial charge in [-0.1, -0.05) is 68.1 Å². The number of imidazole rings is 1. The van der Waals surface area contributed by atoms with Crippen LogP contribution in [-0.2, 0) is 5.54 Å². The first kappa shape index (κ1) is 18.7. The van der Waals surface area contributed by atoms with Crippen molar-refractivity contribution >= 4 is 17.0 Å². The smallest absolute Gasteiger partial charge is 0.201 e. The van der Waals surface area contributed by atoms with Crippen molar-refractivity contribution in [2.24, 2.45) is 0 Å². The van der Waals surface area contributed by atoms with Crippen molar-refractivity contribution in [3.63, 3.8) is 0 Å². The van der Waals surface area contributed by atoms with E-state index in [1.54, 1.807) is 0 Å². The van der Waals surface area contributed by atoms with Crippen LogP contribution in [0.15, 0.2) is 54.6 Å². The zero-order valence-corrected chi connectivity index (χ0v) is 17.3. The number of likely N-dealkylation sites (tertiary alicyclic amines) is 1. The summed E-state index contributed by atoms with van der Waals surface area (Å²) in [5.74, 6) is 0.664. The highest BCUT2D eigenvalue weighted by Gasteiger charge is 2.40. The molecule has 4 nitrogen and oxygen atoms in total. The molecule has 2 aliphatic rings. The maximum Gasteiger partial charge on any atom is 0.201 e. The molecule has 152 valence electrons. The molecule has 1 saturated carbocycles. The van der Waals surface area contributed by atoms with Gasteiger partial charge in [0, 0.05) is 24.7 Å². The molecule has 0 unspecified atom stereocenters. The van der Waals surface area contributed by atoms with Crippen molar-refractivity contribution in [3.8, 4) is 0 Å². The Hall–Kier alpha value is -2.33. The lowest BCUT2D eigenvalue weighted by atomic mass is 9.79. The number of anilines is 1. The molecule has 3 aromatic rings. The SMILES string of the molecule is Nc1nc2ccccc2n1C1CCN(C2(c3ccccc3)CCCCCC2)CC1. The molecular formula is C25H32N4. The van der Waals surface area contributed by atoms with E-state index in [9.17, 15) is 0 Å². The molecule has 2 heterocycles. The highest BCUT2D eigenvalue weighted by atomic mass is 15.2. The number of nitrogens with two attached hydrogens (primary N) is 1. The topological polar surface area (TPSA) is 47.1 Å². The van der Waals surface area contributed by atoms with E-state index in [1.165, 1.54) is 49.6 Å². The summed E-state index contributed by atoms with van der Waals surface area (Å²) in [7, 11) is 0. The van der Waals surface area contributed by atoms with Crippen molar-refractivity contribution < 1.29 is 0 Å². The molecule has 0 atom stereocenters. The first-order valence-corrected chi connectivity index (χ1v) is 11.3. The van der Waals surface area contributed by atoms with Gasteiger partial charge in [0.25, 0.3) is 0 Å². The van der Waals surface area contributed by atoms with Crippen LogP contribution in [0.5, 0.6) is 0 Å². The van der Waals surface area contributed by atoms with Gasteiger partial charge >= 0.3 is 0 Å². The number of aromatic nitrogens is 2. The van der Waals surface area contributed by atoms with Gasteiger partial charge in [0.15, 0.2) is 0 Å². The standard InChI is InChI=1S/C25H32N4/c26-24-27-22-12-6-7-13-23(22)29(24)21-14-18-28(19-15-21)25(16-8-1-2-9-17-25)20-10-4-3-5-11-20/h3-7,10-13,21H,1-2,8-9,14-19H2,(H2,26,27). The Labute approximate surface area is 173 Å². The quantitative estimate of drug-likeness (QED) is 0.602. The monoisotopic (exact) mass is 388 g/mol. The van der Waals surface area contributed by atoms with Crippen molar-refractivity contribution in [1.82, 2.24) is 14.5 Å². The highest BCUT2D eigenvalue weighted by Crippen LogP contribution is 2.44. The summed E-state index contributed by atoms with van der Waals surface area (Å²) in [6.45, 7) is 2.26. The van der Waals surface area contributed by atoms with E-state index in [2.05, 4.69) is 63.0 Å². The minimum atomic E-state index is 0.214. The largest absolute Gasteiger partial charge is 0.369 e. The van der Waals surface area contributed by atoms with Gasteiger partial charge in [-0.3, -0.25) is 4.90 Å². The zero-order chi connectivity index (χ0) is 19.7. The molecule has 5 rings (SSSR count). The molecule has 1 aliphatic heterocycles. The molecule has 0 radical (unpaired) electrons. The Morgan fingerprint density at radius 3 is 2.21 bits per heavy atom. The van der Waals surface area contributed by atoms with Crippen LogP contribution in [0.1, 0.15) is 63.0 Å². The summed E-state index contributed by atoms with van der Waals surface area (Å²) in [4.78, 5) is 7.40. The van der Waals surface area contributed by atoms with Gasteiger partial charge in [-0.2, -0.15) is 0 Å². The molecule has 0 spiro atoms. The lowest BCUT2D eigenvalue weighted by Gasteiger charge is -2.48. The Bertz CT molecular complexity index is 945.